The van der Waals surface area contributed by atoms with Crippen LogP contribution in [0.25, 0.3) is 0 Å². The van der Waals surface area contributed by atoms with Crippen LogP contribution in [0.5, 0.6) is 0 Å². The number of carbonyl (C=O) groups excluding carboxylic acids is 1. The Bertz CT molecular complexity index is 467. The smallest absolute Gasteiger partial charge is 0.261 e. The number of hydrogen-bond acceptors (Lipinski definition) is 3. The van der Waals surface area contributed by atoms with Crippen LogP contribution >= 0.6 is 39.7 Å². The van der Waals surface area contributed by atoms with Crippen LogP contribution in [0.2, 0.25) is 0 Å². The number of halogens is 2. The van der Waals surface area contributed by atoms with Crippen molar-refractivity contribution in [3.05, 3.63) is 20.8 Å². The predicted molar refractivity (Wildman–Crippen MR) is 88.6 cm³/mol. The Morgan fingerprint density at radius 1 is 1.35 bits per heavy atom. The van der Waals surface area contributed by atoms with Gasteiger partial charge in [0.15, 0.2) is 0 Å². The maximum absolute atomic E-state index is 12.3. The Balaban J connectivity index is 0.00000147. The summed E-state index contributed by atoms with van der Waals surface area (Å²) in [7, 11) is 0. The van der Waals surface area contributed by atoms with E-state index in [-0.39, 0.29) is 18.3 Å². The molecule has 2 unspecified atom stereocenters. The molecule has 3 N–H and O–H groups in total. The monoisotopic (exact) mass is 378 g/mol. The minimum absolute atomic E-state index is 0. The molecule has 2 saturated carbocycles. The average molecular weight is 380 g/mol. The molecule has 6 heteroatoms. The van der Waals surface area contributed by atoms with Gasteiger partial charge in [0.05, 0.1) is 4.88 Å². The molecule has 1 aromatic heterocycles. The Morgan fingerprint density at radius 2 is 2.00 bits per heavy atom. The molecule has 20 heavy (non-hydrogen) atoms. The summed E-state index contributed by atoms with van der Waals surface area (Å²) in [5.41, 5.74) is 6.12. The topological polar surface area (TPSA) is 55.1 Å². The van der Waals surface area contributed by atoms with Gasteiger partial charge < -0.3 is 11.1 Å². The van der Waals surface area contributed by atoms with Crippen molar-refractivity contribution >= 4 is 45.6 Å². The molecule has 112 valence electrons. The molecule has 2 atom stereocenters. The van der Waals surface area contributed by atoms with Crippen LogP contribution in [0.4, 0.5) is 0 Å². The fourth-order valence-corrected chi connectivity index (χ4v) is 5.01. The normalized spacial score (nSPS) is 32.3. The van der Waals surface area contributed by atoms with E-state index in [2.05, 4.69) is 21.2 Å². The van der Waals surface area contributed by atoms with Crippen molar-refractivity contribution in [2.75, 3.05) is 0 Å². The molecule has 0 aromatic carbocycles. The Morgan fingerprint density at radius 3 is 2.55 bits per heavy atom. The van der Waals surface area contributed by atoms with Crippen molar-refractivity contribution in [2.24, 2.45) is 17.6 Å². The third-order valence-corrected chi connectivity index (χ3v) is 6.16. The summed E-state index contributed by atoms with van der Waals surface area (Å²) < 4.78 is 0.980. The summed E-state index contributed by atoms with van der Waals surface area (Å²) in [5, 5.41) is 5.22. The Kier molecular flexibility index (Phi) is 5.51. The quantitative estimate of drug-likeness (QED) is 0.825. The van der Waals surface area contributed by atoms with Gasteiger partial charge in [0.2, 0.25) is 0 Å². The zero-order chi connectivity index (χ0) is 13.4. The lowest BCUT2D eigenvalue weighted by molar-refractivity contribution is 0.0759. The summed E-state index contributed by atoms with van der Waals surface area (Å²) in [5.74, 6) is 1.23. The van der Waals surface area contributed by atoms with Crippen molar-refractivity contribution < 1.29 is 4.79 Å². The van der Waals surface area contributed by atoms with E-state index >= 15 is 0 Å². The van der Waals surface area contributed by atoms with Gasteiger partial charge in [-0.15, -0.1) is 23.7 Å². The highest BCUT2D eigenvalue weighted by Crippen LogP contribution is 2.39. The minimum atomic E-state index is 0. The van der Waals surface area contributed by atoms with Gasteiger partial charge in [-0.1, -0.05) is 6.42 Å². The lowest BCUT2D eigenvalue weighted by atomic mass is 9.67. The van der Waals surface area contributed by atoms with E-state index < -0.39 is 0 Å². The maximum atomic E-state index is 12.3. The first-order valence-electron chi connectivity index (χ1n) is 6.94. The SMILES string of the molecule is Cl.NC1CC2CCCC(C1)C2NC(=O)c1cc(Br)cs1. The highest BCUT2D eigenvalue weighted by molar-refractivity contribution is 9.10. The van der Waals surface area contributed by atoms with Crippen LogP contribution in [0.3, 0.4) is 0 Å². The van der Waals surface area contributed by atoms with Crippen LogP contribution in [0.15, 0.2) is 15.9 Å². The van der Waals surface area contributed by atoms with Crippen molar-refractivity contribution in [1.29, 1.82) is 0 Å². The predicted octanol–water partition coefficient (Wildman–Crippen LogP) is 3.57. The molecular formula is C14H20BrClN2OS. The van der Waals surface area contributed by atoms with Crippen molar-refractivity contribution in [3.8, 4) is 0 Å². The summed E-state index contributed by atoms with van der Waals surface area (Å²) in [6, 6.07) is 2.56. The molecule has 2 bridgehead atoms. The van der Waals surface area contributed by atoms with E-state index in [0.717, 1.165) is 22.2 Å². The van der Waals surface area contributed by atoms with Gasteiger partial charge in [-0.2, -0.15) is 0 Å². The highest BCUT2D eigenvalue weighted by Gasteiger charge is 2.40. The fourth-order valence-electron chi connectivity index (χ4n) is 3.68. The number of carbonyl (C=O) groups is 1. The molecule has 2 fully saturated rings. The van der Waals surface area contributed by atoms with Gasteiger partial charge in [0.1, 0.15) is 0 Å². The molecule has 0 spiro atoms. The van der Waals surface area contributed by atoms with Crippen molar-refractivity contribution in [2.45, 2.75) is 44.2 Å². The van der Waals surface area contributed by atoms with E-state index in [1.165, 1.54) is 30.6 Å². The molecule has 0 aliphatic heterocycles. The minimum Gasteiger partial charge on any atom is -0.348 e. The molecule has 3 nitrogen and oxygen atoms in total. The van der Waals surface area contributed by atoms with Crippen LogP contribution < -0.4 is 11.1 Å². The average Bonchev–Trinajstić information content (AvgIpc) is 2.77. The van der Waals surface area contributed by atoms with Gasteiger partial charge in [-0.05, 0) is 59.5 Å². The van der Waals surface area contributed by atoms with Gasteiger partial charge >= 0.3 is 0 Å². The molecule has 3 rings (SSSR count). The summed E-state index contributed by atoms with van der Waals surface area (Å²) in [6.45, 7) is 0. The highest BCUT2D eigenvalue weighted by atomic mass is 79.9. The van der Waals surface area contributed by atoms with E-state index in [1.807, 2.05) is 11.4 Å². The molecule has 0 saturated heterocycles. The summed E-state index contributed by atoms with van der Waals surface area (Å²) in [4.78, 5) is 13.1. The van der Waals surface area contributed by atoms with Crippen molar-refractivity contribution in [1.82, 2.24) is 5.32 Å². The standard InChI is InChI=1S/C14H19BrN2OS.ClH/c15-10-6-12(19-7-10)14(18)17-13-8-2-1-3-9(13)5-11(16)4-8;/h6-9,11,13H,1-5,16H2,(H,17,18);1H. The second-order valence-corrected chi connectivity index (χ2v) is 7.64. The Labute approximate surface area is 138 Å². The first-order valence-corrected chi connectivity index (χ1v) is 8.61. The zero-order valence-electron chi connectivity index (χ0n) is 11.2. The number of nitrogens with one attached hydrogen (secondary N) is 1. The lowest BCUT2D eigenvalue weighted by Gasteiger charge is -2.45. The summed E-state index contributed by atoms with van der Waals surface area (Å²) >= 11 is 4.89. The van der Waals surface area contributed by atoms with E-state index in [1.54, 1.807) is 0 Å². The first kappa shape index (κ1) is 16.3. The van der Waals surface area contributed by atoms with Gasteiger partial charge in [-0.25, -0.2) is 0 Å². The molecular weight excluding hydrogens is 360 g/mol. The van der Waals surface area contributed by atoms with E-state index in [0.29, 0.717) is 23.9 Å². The molecule has 1 aromatic rings. The maximum Gasteiger partial charge on any atom is 0.261 e. The number of amides is 1. The summed E-state index contributed by atoms with van der Waals surface area (Å²) in [6.07, 6.45) is 5.84. The van der Waals surface area contributed by atoms with Crippen LogP contribution in [-0.2, 0) is 0 Å². The van der Waals surface area contributed by atoms with Gasteiger partial charge in [0.25, 0.3) is 5.91 Å². The fraction of sp³-hybridized carbons (Fsp3) is 0.643. The molecule has 2 aliphatic rings. The number of hydrogen-bond donors (Lipinski definition) is 2. The molecule has 0 radical (unpaired) electrons. The Hall–Kier alpha value is -0.100. The third kappa shape index (κ3) is 3.38. The number of nitrogens with two attached hydrogens (primary N) is 1. The largest absolute Gasteiger partial charge is 0.348 e. The third-order valence-electron chi connectivity index (χ3n) is 4.47. The number of fused-ring (bicyclic) bond motifs is 2. The van der Waals surface area contributed by atoms with E-state index in [9.17, 15) is 4.79 Å². The first-order chi connectivity index (χ1) is 9.13. The van der Waals surface area contributed by atoms with Crippen LogP contribution in [0.1, 0.15) is 41.8 Å². The molecule has 1 amide bonds. The van der Waals surface area contributed by atoms with E-state index in [4.69, 9.17) is 5.73 Å². The number of rotatable bonds is 2. The number of thiophene rings is 1. The molecule has 2 aliphatic carbocycles. The zero-order valence-corrected chi connectivity index (χ0v) is 14.4. The second kappa shape index (κ2) is 6.77. The van der Waals surface area contributed by atoms with Gasteiger partial charge in [-0.3, -0.25) is 4.79 Å². The molecule has 1 heterocycles. The lowest BCUT2D eigenvalue weighted by Crippen LogP contribution is -2.53. The second-order valence-electron chi connectivity index (χ2n) is 5.81. The van der Waals surface area contributed by atoms with Crippen LogP contribution in [-0.4, -0.2) is 18.0 Å². The van der Waals surface area contributed by atoms with Crippen LogP contribution in [0, 0.1) is 11.8 Å². The van der Waals surface area contributed by atoms with Crippen molar-refractivity contribution in [3.63, 3.8) is 0 Å². The van der Waals surface area contributed by atoms with Gasteiger partial charge in [0, 0.05) is 21.9 Å².